The fourth-order valence-corrected chi connectivity index (χ4v) is 4.46. The van der Waals surface area contributed by atoms with E-state index >= 15 is 0 Å². The van der Waals surface area contributed by atoms with E-state index in [0.717, 1.165) is 18.2 Å². The van der Waals surface area contributed by atoms with Crippen LogP contribution in [0.2, 0.25) is 0 Å². The molecule has 0 spiro atoms. The normalized spacial score (nSPS) is 11.8. The average molecular weight is 615 g/mol. The molecule has 0 radical (unpaired) electrons. The van der Waals surface area contributed by atoms with Gasteiger partial charge in [-0.25, -0.2) is 21.6 Å². The first-order valence-corrected chi connectivity index (χ1v) is 13.4. The Morgan fingerprint density at radius 3 is 1.68 bits per heavy atom. The maximum absolute atomic E-state index is 11.9. The molecule has 0 atom stereocenters. The molecule has 0 bridgehead atoms. The van der Waals surface area contributed by atoms with Gasteiger partial charge in [0.25, 0.3) is 0 Å². The summed E-state index contributed by atoms with van der Waals surface area (Å²) < 4.78 is 68.7. The molecule has 0 aliphatic heterocycles. The quantitative estimate of drug-likeness (QED) is 0.128. The topological polar surface area (TPSA) is 239 Å². The number of urea groups is 1. The van der Waals surface area contributed by atoms with E-state index in [4.69, 9.17) is 5.73 Å². The molecule has 4 rings (SSSR count). The molecule has 4 aromatic carbocycles. The van der Waals surface area contributed by atoms with Gasteiger partial charge in [0.1, 0.15) is 25.9 Å². The standard InChI is InChI=1S/C23H18N6O8S2.2Na/c24-23(31)25-17-7-10-19-13(11-17)12-20(39(35,36)37)21(22(19)30)29-28-15-3-1-14(2-4-15)26-27-16-5-8-18(9-6-16)38(32,33)34;;/h1-12,30H,(H3,24,25,31)(H,32,33,34)(H,35,36,37);;/q;2*+1/p-2. The first kappa shape index (κ1) is 34.4. The number of benzene rings is 4. The molecule has 2 amide bonds. The van der Waals surface area contributed by atoms with Crippen molar-refractivity contribution in [2.45, 2.75) is 9.79 Å². The van der Waals surface area contributed by atoms with Crippen LogP contribution in [0.25, 0.3) is 10.8 Å². The minimum Gasteiger partial charge on any atom is -0.744 e. The van der Waals surface area contributed by atoms with Crippen molar-refractivity contribution in [2.75, 3.05) is 5.32 Å². The number of anilines is 1. The van der Waals surface area contributed by atoms with E-state index in [1.54, 1.807) is 0 Å². The number of fused-ring (bicyclic) bond motifs is 1. The predicted molar refractivity (Wildman–Crippen MR) is 136 cm³/mol. The van der Waals surface area contributed by atoms with Crippen molar-refractivity contribution in [3.8, 4) is 5.75 Å². The van der Waals surface area contributed by atoms with Gasteiger partial charge in [0.05, 0.1) is 26.9 Å². The third kappa shape index (κ3) is 8.86. The van der Waals surface area contributed by atoms with Crippen molar-refractivity contribution in [1.82, 2.24) is 0 Å². The molecule has 0 aliphatic rings. The molecule has 200 valence electrons. The average Bonchev–Trinajstić information content (AvgIpc) is 2.86. The molecule has 4 N–H and O–H groups in total. The summed E-state index contributed by atoms with van der Waals surface area (Å²) in [6, 6.07) is 15.0. The number of azo groups is 2. The van der Waals surface area contributed by atoms with E-state index in [9.17, 15) is 35.8 Å². The second-order valence-electron chi connectivity index (χ2n) is 7.82. The number of primary amides is 1. The molecule has 0 saturated heterocycles. The molecular formula is C23H16N6Na2O8S2. The Hall–Kier alpha value is -2.77. The Bertz CT molecular complexity index is 1870. The van der Waals surface area contributed by atoms with Gasteiger partial charge in [-0.05, 0) is 78.2 Å². The number of carbonyl (C=O) groups excluding carboxylic acids is 1. The number of hydrogen-bond acceptors (Lipinski definition) is 12. The zero-order valence-corrected chi connectivity index (χ0v) is 27.0. The van der Waals surface area contributed by atoms with Gasteiger partial charge in [-0.2, -0.15) is 15.3 Å². The minimum absolute atomic E-state index is 0. The number of nitrogens with zero attached hydrogens (tertiary/aromatic N) is 4. The molecule has 0 unspecified atom stereocenters. The van der Waals surface area contributed by atoms with Crippen LogP contribution < -0.4 is 70.2 Å². The maximum Gasteiger partial charge on any atom is 1.00 e. The van der Waals surface area contributed by atoms with Gasteiger partial charge in [0.15, 0.2) is 5.75 Å². The zero-order valence-electron chi connectivity index (χ0n) is 21.4. The zero-order chi connectivity index (χ0) is 28.4. The van der Waals surface area contributed by atoms with Crippen molar-refractivity contribution in [3.63, 3.8) is 0 Å². The van der Waals surface area contributed by atoms with Crippen molar-refractivity contribution in [2.24, 2.45) is 26.2 Å². The van der Waals surface area contributed by atoms with Crippen LogP contribution in [0, 0.1) is 0 Å². The summed E-state index contributed by atoms with van der Waals surface area (Å²) in [5, 5.41) is 28.9. The summed E-state index contributed by atoms with van der Waals surface area (Å²) in [5.41, 5.74) is 5.59. The second-order valence-corrected chi connectivity index (χ2v) is 10.5. The molecule has 0 fully saturated rings. The smallest absolute Gasteiger partial charge is 0.744 e. The van der Waals surface area contributed by atoms with Crippen molar-refractivity contribution >= 4 is 65.5 Å². The molecular weight excluding hydrogens is 598 g/mol. The van der Waals surface area contributed by atoms with Gasteiger partial charge in [-0.1, -0.05) is 0 Å². The molecule has 18 heteroatoms. The summed E-state index contributed by atoms with van der Waals surface area (Å²) in [6.07, 6.45) is 0. The maximum atomic E-state index is 11.9. The number of aromatic hydroxyl groups is 1. The number of phenolic OH excluding ortho intramolecular Hbond substituents is 1. The van der Waals surface area contributed by atoms with Crippen LogP contribution in [0.3, 0.4) is 0 Å². The van der Waals surface area contributed by atoms with Gasteiger partial charge in [-0.15, -0.1) is 5.11 Å². The van der Waals surface area contributed by atoms with Crippen LogP contribution in [0.15, 0.2) is 103 Å². The first-order valence-electron chi connectivity index (χ1n) is 10.6. The number of nitrogens with two attached hydrogens (primary N) is 1. The predicted octanol–water partition coefficient (Wildman–Crippen LogP) is -1.32. The largest absolute Gasteiger partial charge is 1.00 e. The third-order valence-corrected chi connectivity index (χ3v) is 6.81. The van der Waals surface area contributed by atoms with Crippen LogP contribution in [0.4, 0.5) is 33.2 Å². The van der Waals surface area contributed by atoms with E-state index in [1.807, 2.05) is 0 Å². The fraction of sp³-hybridized carbons (Fsp3) is 0. The summed E-state index contributed by atoms with van der Waals surface area (Å²) in [4.78, 5) is 9.86. The van der Waals surface area contributed by atoms with E-state index in [-0.39, 0.29) is 81.3 Å². The van der Waals surface area contributed by atoms with Crippen LogP contribution in [-0.2, 0) is 20.2 Å². The molecule has 14 nitrogen and oxygen atoms in total. The van der Waals surface area contributed by atoms with Crippen molar-refractivity contribution in [1.29, 1.82) is 0 Å². The van der Waals surface area contributed by atoms with Gasteiger partial charge < -0.3 is 25.3 Å². The molecule has 0 aromatic heterocycles. The summed E-state index contributed by atoms with van der Waals surface area (Å²) in [5.74, 6) is -0.613. The summed E-state index contributed by atoms with van der Waals surface area (Å²) in [6.45, 7) is 0. The fourth-order valence-electron chi connectivity index (χ4n) is 3.35. The molecule has 41 heavy (non-hydrogen) atoms. The minimum atomic E-state index is -5.09. The number of carbonyl (C=O) groups is 1. The number of phenols is 1. The van der Waals surface area contributed by atoms with Crippen LogP contribution in [-0.4, -0.2) is 37.1 Å². The van der Waals surface area contributed by atoms with Gasteiger partial charge in [-0.3, -0.25) is 0 Å². The molecule has 4 aromatic rings. The Balaban J connectivity index is 0.00000294. The SMILES string of the molecule is NC(=O)Nc1ccc2c(O)c(N=Nc3ccc(N=Nc4ccc(S(=O)(=O)[O-])cc4)cc3)c(S(=O)(=O)[O-])cc2c1.[Na+].[Na+]. The summed E-state index contributed by atoms with van der Waals surface area (Å²) in [7, 11) is -9.67. The Morgan fingerprint density at radius 2 is 1.22 bits per heavy atom. The second kappa shape index (κ2) is 13.9. The number of nitrogens with one attached hydrogen (secondary N) is 1. The van der Waals surface area contributed by atoms with E-state index in [0.29, 0.717) is 11.4 Å². The van der Waals surface area contributed by atoms with Crippen molar-refractivity contribution < 1.29 is 95.0 Å². The number of amides is 2. The molecule has 0 aliphatic carbocycles. The van der Waals surface area contributed by atoms with Gasteiger partial charge in [0.2, 0.25) is 0 Å². The van der Waals surface area contributed by atoms with E-state index < -0.39 is 47.5 Å². The third-order valence-electron chi connectivity index (χ3n) is 5.11. The molecule has 0 saturated carbocycles. The van der Waals surface area contributed by atoms with Gasteiger partial charge in [0, 0.05) is 11.1 Å². The van der Waals surface area contributed by atoms with Gasteiger partial charge >= 0.3 is 65.1 Å². The Morgan fingerprint density at radius 1 is 0.732 bits per heavy atom. The van der Waals surface area contributed by atoms with E-state index in [1.165, 1.54) is 54.6 Å². The molecule has 0 heterocycles. The van der Waals surface area contributed by atoms with E-state index in [2.05, 4.69) is 25.8 Å². The summed E-state index contributed by atoms with van der Waals surface area (Å²) >= 11 is 0. The number of hydrogen-bond donors (Lipinski definition) is 3. The van der Waals surface area contributed by atoms with Crippen LogP contribution >= 0.6 is 0 Å². The number of rotatable bonds is 7. The first-order chi connectivity index (χ1) is 18.3. The Labute approximate surface area is 277 Å². The Kier molecular flexibility index (Phi) is 11.7. The monoisotopic (exact) mass is 614 g/mol. The van der Waals surface area contributed by atoms with Crippen molar-refractivity contribution in [3.05, 3.63) is 72.8 Å². The van der Waals surface area contributed by atoms with Crippen LogP contribution in [0.1, 0.15) is 0 Å². The van der Waals surface area contributed by atoms with Crippen LogP contribution in [0.5, 0.6) is 5.75 Å².